The molecule has 83 heavy (non-hydrogen) atoms. The van der Waals surface area contributed by atoms with Crippen LogP contribution >= 0.6 is 50.7 Å². The van der Waals surface area contributed by atoms with Crippen LogP contribution in [0.15, 0.2) is 134 Å². The Bertz CT molecular complexity index is 3650. The number of allylic oxidation sites excluding steroid dienone is 2. The van der Waals surface area contributed by atoms with Crippen molar-refractivity contribution in [3.8, 4) is 22.5 Å². The number of nitrogens with two attached hydrogens (primary N) is 1. The zero-order valence-electron chi connectivity index (χ0n) is 45.3. The number of carbonyl (C=O) groups excluding carboxylic acids is 4. The molecule has 3 amide bonds. The number of aromatic amines is 2. The highest BCUT2D eigenvalue weighted by molar-refractivity contribution is 9.09. The number of likely N-dealkylation sites (N-methyl/N-ethyl adjacent to an activating group) is 1. The number of nitrogen functional groups attached to an aromatic ring is 1. The van der Waals surface area contributed by atoms with Crippen molar-refractivity contribution < 1.29 is 28.0 Å². The standard InChI is InChI=1S/C31H33ClFN7O2.C25H24ClFN6O.C4H4BrClO/c1-40(2)14-6-11-28(41)36-21-12-13-23(26(33)16-21)30(42)37-19-7-5-8-20(15-19)38-31-35-18-25(32)29(39-31)24-17-34-27-10-4-3-9-22(24)27;26-20-13-30-25(33-23(20)19-12-29-22-7-2-1-6-17(19)22)32-16-5-3-4-15(11-16)31-24(34)18-9-8-14(28)10-21(18)27;5-3-1-2-4(6)7/h3-4,6,9-13,16-20,34H,5,7-8,14-15H2,1-2H3,(H,36,41)(H,37,42)(H,35,38,39);1-2,6-10,12-13,15-16,29H,3-5,11,28H2,(H,31,34)(H,30,32,33);1-2H,3H2/b11-6+;;2-1+/t19-,20+;15-,16+;/m00./s1. The smallest absolute Gasteiger partial charge is 0.254 e. The molecule has 4 aromatic heterocycles. The number of aromatic nitrogens is 6. The van der Waals surface area contributed by atoms with Gasteiger partial charge in [0.25, 0.3) is 11.8 Å². The van der Waals surface area contributed by atoms with Gasteiger partial charge in [-0.2, -0.15) is 0 Å². The first-order chi connectivity index (χ1) is 40.0. The Labute approximate surface area is 501 Å². The molecule has 0 bridgehead atoms. The van der Waals surface area contributed by atoms with Gasteiger partial charge in [-0.25, -0.2) is 28.7 Å². The number of anilines is 4. The van der Waals surface area contributed by atoms with E-state index in [4.69, 9.17) is 45.5 Å². The molecule has 432 valence electrons. The second-order valence-corrected chi connectivity index (χ2v) is 21.9. The lowest BCUT2D eigenvalue weighted by Crippen LogP contribution is -2.42. The summed E-state index contributed by atoms with van der Waals surface area (Å²) in [5.41, 5.74) is 11.1. The van der Waals surface area contributed by atoms with E-state index in [-0.39, 0.29) is 52.6 Å². The van der Waals surface area contributed by atoms with E-state index in [0.29, 0.717) is 58.0 Å². The Hall–Kier alpha value is -7.75. The van der Waals surface area contributed by atoms with Gasteiger partial charge in [-0.3, -0.25) is 19.2 Å². The number of carbonyl (C=O) groups is 4. The second kappa shape index (κ2) is 29.5. The first-order valence-electron chi connectivity index (χ1n) is 26.7. The van der Waals surface area contributed by atoms with Crippen molar-refractivity contribution in [2.45, 2.75) is 75.5 Å². The summed E-state index contributed by atoms with van der Waals surface area (Å²) in [6, 6.07) is 23.9. The molecule has 17 nitrogen and oxygen atoms in total. The van der Waals surface area contributed by atoms with E-state index in [2.05, 4.69) is 67.4 Å². The van der Waals surface area contributed by atoms with Gasteiger partial charge in [0.15, 0.2) is 0 Å². The Kier molecular flexibility index (Phi) is 21.8. The van der Waals surface area contributed by atoms with Crippen molar-refractivity contribution in [2.75, 3.05) is 47.7 Å². The van der Waals surface area contributed by atoms with Gasteiger partial charge in [-0.05, 0) is 132 Å². The molecule has 4 aromatic carbocycles. The lowest BCUT2D eigenvalue weighted by Gasteiger charge is -2.30. The molecule has 2 aliphatic carbocycles. The van der Waals surface area contributed by atoms with Gasteiger partial charge in [0.1, 0.15) is 11.6 Å². The summed E-state index contributed by atoms with van der Waals surface area (Å²) < 4.78 is 29.0. The van der Waals surface area contributed by atoms with Gasteiger partial charge in [0.05, 0.1) is 45.0 Å². The van der Waals surface area contributed by atoms with Crippen LogP contribution in [0.2, 0.25) is 10.0 Å². The number of benzene rings is 4. The van der Waals surface area contributed by atoms with Crippen LogP contribution in [0.3, 0.4) is 0 Å². The number of amides is 3. The maximum Gasteiger partial charge on any atom is 0.254 e. The highest BCUT2D eigenvalue weighted by Crippen LogP contribution is 2.35. The van der Waals surface area contributed by atoms with E-state index < -0.39 is 28.7 Å². The Morgan fingerprint density at radius 3 is 1.65 bits per heavy atom. The highest BCUT2D eigenvalue weighted by atomic mass is 79.9. The van der Waals surface area contributed by atoms with Crippen molar-refractivity contribution in [1.82, 2.24) is 45.4 Å². The Morgan fingerprint density at radius 1 is 0.687 bits per heavy atom. The summed E-state index contributed by atoms with van der Waals surface area (Å²) in [4.78, 5) is 74.0. The zero-order valence-corrected chi connectivity index (χ0v) is 49.2. The van der Waals surface area contributed by atoms with Gasteiger partial charge in [-0.15, -0.1) is 0 Å². The molecule has 23 heteroatoms. The van der Waals surface area contributed by atoms with Crippen LogP contribution in [0.25, 0.3) is 44.3 Å². The number of nitrogens with one attached hydrogen (secondary N) is 7. The third-order valence-corrected chi connectivity index (χ3v) is 14.7. The molecule has 0 saturated heterocycles. The number of rotatable bonds is 16. The molecular formula is C60H61BrCl3F2N13O4. The summed E-state index contributed by atoms with van der Waals surface area (Å²) in [7, 11) is 3.78. The maximum atomic E-state index is 14.8. The minimum atomic E-state index is -0.701. The SMILES string of the molecule is CN(C)C/C=C/C(=O)Nc1ccc(C(=O)N[C@H]2CCC[C@@H](Nc3ncc(Cl)c(-c4c[nH]c5ccccc45)n3)C2)c(F)c1.Nc1ccc(C(=O)N[C@H]2CCC[C@@H](Nc3ncc(Cl)c(-c4c[nH]c5ccccc45)n3)C2)c(F)c1.O=C(Cl)/C=C/CBr. The number of hydrogen-bond donors (Lipinski definition) is 8. The third kappa shape index (κ3) is 17.2. The summed E-state index contributed by atoms with van der Waals surface area (Å²) in [6.45, 7) is 0.608. The largest absolute Gasteiger partial charge is 0.399 e. The fraction of sp³-hybridized carbons (Fsp3) is 0.267. The molecule has 0 unspecified atom stereocenters. The van der Waals surface area contributed by atoms with Crippen LogP contribution in [0.1, 0.15) is 72.1 Å². The van der Waals surface area contributed by atoms with Crippen molar-refractivity contribution in [3.05, 3.63) is 167 Å². The molecule has 2 saturated carbocycles. The first-order valence-corrected chi connectivity index (χ1v) is 29.0. The molecular weight excluding hydrogens is 1190 g/mol. The average Bonchev–Trinajstić information content (AvgIpc) is 3.90. The van der Waals surface area contributed by atoms with Crippen molar-refractivity contribution in [3.63, 3.8) is 0 Å². The molecule has 4 atom stereocenters. The van der Waals surface area contributed by atoms with Crippen molar-refractivity contribution in [2.24, 2.45) is 0 Å². The molecule has 2 aliphatic rings. The fourth-order valence-electron chi connectivity index (χ4n) is 9.77. The number of hydrogen-bond acceptors (Lipinski definition) is 12. The van der Waals surface area contributed by atoms with Gasteiger partial charge in [0.2, 0.25) is 23.0 Å². The number of nitrogens with zero attached hydrogens (tertiary/aromatic N) is 5. The van der Waals surface area contributed by atoms with Crippen LogP contribution < -0.4 is 32.3 Å². The van der Waals surface area contributed by atoms with Gasteiger partial charge < -0.3 is 47.2 Å². The van der Waals surface area contributed by atoms with Crippen LogP contribution in [0.5, 0.6) is 0 Å². The van der Waals surface area contributed by atoms with Gasteiger partial charge in [0, 0.05) is 98.8 Å². The lowest BCUT2D eigenvalue weighted by molar-refractivity contribution is -0.112. The van der Waals surface area contributed by atoms with E-state index in [1.807, 2.05) is 79.9 Å². The summed E-state index contributed by atoms with van der Waals surface area (Å²) in [5, 5.41) is 18.5. The predicted molar refractivity (Wildman–Crippen MR) is 330 cm³/mol. The summed E-state index contributed by atoms with van der Waals surface area (Å²) in [5.74, 6) is -1.69. The molecule has 2 fully saturated rings. The number of para-hydroxylation sites is 2. The Balaban J connectivity index is 0.000000198. The number of fused-ring (bicyclic) bond motifs is 2. The molecule has 4 heterocycles. The lowest BCUT2D eigenvalue weighted by atomic mass is 9.91. The molecule has 0 spiro atoms. The summed E-state index contributed by atoms with van der Waals surface area (Å²) in [6.07, 6.45) is 19.5. The quantitative estimate of drug-likeness (QED) is 0.0195. The van der Waals surface area contributed by atoms with Crippen LogP contribution in [0.4, 0.5) is 32.1 Å². The first kappa shape index (κ1) is 61.3. The van der Waals surface area contributed by atoms with Crippen LogP contribution in [-0.2, 0) is 9.59 Å². The van der Waals surface area contributed by atoms with Gasteiger partial charge >= 0.3 is 0 Å². The van der Waals surface area contributed by atoms with Gasteiger partial charge in [-0.1, -0.05) is 87.7 Å². The minimum Gasteiger partial charge on any atom is -0.399 e. The number of halogens is 6. The fourth-order valence-corrected chi connectivity index (χ4v) is 10.4. The molecule has 0 radical (unpaired) electrons. The second-order valence-electron chi connectivity index (χ2n) is 20.1. The normalized spacial score (nSPS) is 16.9. The van der Waals surface area contributed by atoms with Crippen molar-refractivity contribution >= 4 is 119 Å². The van der Waals surface area contributed by atoms with Crippen LogP contribution in [0, 0.1) is 11.6 Å². The third-order valence-electron chi connectivity index (χ3n) is 13.7. The summed E-state index contributed by atoms with van der Waals surface area (Å²) >= 11 is 20.9. The minimum absolute atomic E-state index is 0.00584. The molecule has 10 rings (SSSR count). The molecule has 9 N–H and O–H groups in total. The Morgan fingerprint density at radius 2 is 1.18 bits per heavy atom. The number of H-pyrrole nitrogens is 2. The molecule has 8 aromatic rings. The van der Waals surface area contributed by atoms with E-state index in [1.165, 1.54) is 36.4 Å². The van der Waals surface area contributed by atoms with E-state index >= 15 is 0 Å². The van der Waals surface area contributed by atoms with E-state index in [1.54, 1.807) is 24.5 Å². The average molecular weight is 1250 g/mol. The predicted octanol–water partition coefficient (Wildman–Crippen LogP) is 12.5. The maximum absolute atomic E-state index is 14.8. The van der Waals surface area contributed by atoms with Crippen LogP contribution in [-0.4, -0.2) is 108 Å². The zero-order chi connectivity index (χ0) is 59.0. The van der Waals surface area contributed by atoms with E-state index in [9.17, 15) is 28.0 Å². The highest BCUT2D eigenvalue weighted by Gasteiger charge is 2.28. The van der Waals surface area contributed by atoms with E-state index in [0.717, 1.165) is 83.6 Å². The van der Waals surface area contributed by atoms with Crippen molar-refractivity contribution in [1.29, 1.82) is 0 Å². The molecule has 0 aliphatic heterocycles. The topological polar surface area (TPSA) is 241 Å². The monoisotopic (exact) mass is 1250 g/mol. The number of alkyl halides is 1.